The SMILES string of the molecule is Cc1ccccc1CCNC(=O)C1CCCC(N)C1. The molecular formula is C16H24N2O. The fraction of sp³-hybridized carbons (Fsp3) is 0.562. The number of rotatable bonds is 4. The fourth-order valence-corrected chi connectivity index (χ4v) is 2.82. The summed E-state index contributed by atoms with van der Waals surface area (Å²) in [5.74, 6) is 0.310. The van der Waals surface area contributed by atoms with E-state index < -0.39 is 0 Å². The highest BCUT2D eigenvalue weighted by Gasteiger charge is 2.24. The van der Waals surface area contributed by atoms with Crippen LogP contribution in [0.5, 0.6) is 0 Å². The zero-order chi connectivity index (χ0) is 13.7. The third-order valence-electron chi connectivity index (χ3n) is 4.04. The minimum atomic E-state index is 0.126. The highest BCUT2D eigenvalue weighted by Crippen LogP contribution is 2.23. The number of benzene rings is 1. The van der Waals surface area contributed by atoms with Crippen LogP contribution in [-0.2, 0) is 11.2 Å². The lowest BCUT2D eigenvalue weighted by molar-refractivity contribution is -0.126. The standard InChI is InChI=1S/C16H24N2O/c1-12-5-2-3-6-13(12)9-10-18-16(19)14-7-4-8-15(17)11-14/h2-3,5-6,14-15H,4,7-11,17H2,1H3,(H,18,19). The fourth-order valence-electron chi connectivity index (χ4n) is 2.82. The molecule has 1 aliphatic rings. The van der Waals surface area contributed by atoms with Crippen molar-refractivity contribution in [3.63, 3.8) is 0 Å². The van der Waals surface area contributed by atoms with E-state index in [0.29, 0.717) is 0 Å². The molecule has 0 spiro atoms. The van der Waals surface area contributed by atoms with Crippen LogP contribution in [0.3, 0.4) is 0 Å². The Hall–Kier alpha value is -1.35. The molecular weight excluding hydrogens is 236 g/mol. The molecule has 1 aromatic carbocycles. The Morgan fingerprint density at radius 1 is 1.37 bits per heavy atom. The first kappa shape index (κ1) is 14.1. The average Bonchev–Trinajstić information content (AvgIpc) is 2.41. The van der Waals surface area contributed by atoms with E-state index in [9.17, 15) is 4.79 Å². The molecule has 2 atom stereocenters. The lowest BCUT2D eigenvalue weighted by atomic mass is 9.85. The zero-order valence-electron chi connectivity index (χ0n) is 11.7. The van der Waals surface area contributed by atoms with Gasteiger partial charge in [-0.1, -0.05) is 30.7 Å². The monoisotopic (exact) mass is 260 g/mol. The Bertz CT molecular complexity index is 431. The van der Waals surface area contributed by atoms with Gasteiger partial charge in [0.1, 0.15) is 0 Å². The van der Waals surface area contributed by atoms with Crippen LogP contribution in [0.1, 0.15) is 36.8 Å². The van der Waals surface area contributed by atoms with Crippen molar-refractivity contribution in [2.45, 2.75) is 45.1 Å². The van der Waals surface area contributed by atoms with Gasteiger partial charge in [0, 0.05) is 18.5 Å². The number of aryl methyl sites for hydroxylation is 1. The second-order valence-corrected chi connectivity index (χ2v) is 5.59. The average molecular weight is 260 g/mol. The van der Waals surface area contributed by atoms with Gasteiger partial charge in [0.25, 0.3) is 0 Å². The van der Waals surface area contributed by atoms with E-state index in [1.165, 1.54) is 11.1 Å². The second kappa shape index (κ2) is 6.71. The minimum absolute atomic E-state index is 0.126. The van der Waals surface area contributed by atoms with E-state index >= 15 is 0 Å². The van der Waals surface area contributed by atoms with Crippen molar-refractivity contribution in [3.05, 3.63) is 35.4 Å². The predicted octanol–water partition coefficient (Wildman–Crippen LogP) is 2.17. The number of nitrogens with one attached hydrogen (secondary N) is 1. The number of carbonyl (C=O) groups excluding carboxylic acids is 1. The molecule has 0 heterocycles. The maximum Gasteiger partial charge on any atom is 0.223 e. The van der Waals surface area contributed by atoms with Crippen molar-refractivity contribution < 1.29 is 4.79 Å². The summed E-state index contributed by atoms with van der Waals surface area (Å²) in [5.41, 5.74) is 8.52. The Kier molecular flexibility index (Phi) is 4.97. The summed E-state index contributed by atoms with van der Waals surface area (Å²) in [6, 6.07) is 8.53. The van der Waals surface area contributed by atoms with Crippen LogP contribution in [0, 0.1) is 12.8 Å². The lowest BCUT2D eigenvalue weighted by Crippen LogP contribution is -2.38. The predicted molar refractivity (Wildman–Crippen MR) is 77.8 cm³/mol. The molecule has 1 aromatic rings. The lowest BCUT2D eigenvalue weighted by Gasteiger charge is -2.25. The van der Waals surface area contributed by atoms with Gasteiger partial charge in [-0.3, -0.25) is 4.79 Å². The number of hydrogen-bond donors (Lipinski definition) is 2. The third-order valence-corrected chi connectivity index (χ3v) is 4.04. The molecule has 1 aliphatic carbocycles. The molecule has 0 aromatic heterocycles. The molecule has 0 radical (unpaired) electrons. The second-order valence-electron chi connectivity index (χ2n) is 5.59. The van der Waals surface area contributed by atoms with Crippen molar-refractivity contribution in [2.24, 2.45) is 11.7 Å². The molecule has 2 rings (SSSR count). The van der Waals surface area contributed by atoms with E-state index in [2.05, 4.69) is 24.4 Å². The molecule has 0 saturated heterocycles. The molecule has 1 amide bonds. The van der Waals surface area contributed by atoms with Gasteiger partial charge in [-0.25, -0.2) is 0 Å². The van der Waals surface area contributed by atoms with Crippen LogP contribution in [0.25, 0.3) is 0 Å². The minimum Gasteiger partial charge on any atom is -0.356 e. The van der Waals surface area contributed by atoms with E-state index in [0.717, 1.165) is 38.6 Å². The molecule has 1 fully saturated rings. The van der Waals surface area contributed by atoms with Crippen LogP contribution < -0.4 is 11.1 Å². The number of carbonyl (C=O) groups is 1. The first-order chi connectivity index (χ1) is 9.16. The topological polar surface area (TPSA) is 55.1 Å². The van der Waals surface area contributed by atoms with E-state index in [-0.39, 0.29) is 17.9 Å². The van der Waals surface area contributed by atoms with Crippen molar-refractivity contribution >= 4 is 5.91 Å². The summed E-state index contributed by atoms with van der Waals surface area (Å²) in [4.78, 5) is 12.1. The van der Waals surface area contributed by atoms with Crippen LogP contribution in [-0.4, -0.2) is 18.5 Å². The molecule has 3 N–H and O–H groups in total. The van der Waals surface area contributed by atoms with Gasteiger partial charge >= 0.3 is 0 Å². The van der Waals surface area contributed by atoms with Crippen LogP contribution in [0.4, 0.5) is 0 Å². The quantitative estimate of drug-likeness (QED) is 0.871. The number of hydrogen-bond acceptors (Lipinski definition) is 2. The number of amides is 1. The van der Waals surface area contributed by atoms with Crippen molar-refractivity contribution in [2.75, 3.05) is 6.54 Å². The summed E-state index contributed by atoms with van der Waals surface area (Å²) in [6.45, 7) is 2.83. The maximum absolute atomic E-state index is 12.1. The normalized spacial score (nSPS) is 23.1. The largest absolute Gasteiger partial charge is 0.356 e. The molecule has 104 valence electrons. The van der Waals surface area contributed by atoms with Crippen LogP contribution in [0.2, 0.25) is 0 Å². The number of nitrogens with two attached hydrogens (primary N) is 1. The van der Waals surface area contributed by atoms with Gasteiger partial charge in [0.05, 0.1) is 0 Å². The van der Waals surface area contributed by atoms with Gasteiger partial charge in [-0.2, -0.15) is 0 Å². The smallest absolute Gasteiger partial charge is 0.223 e. The summed E-state index contributed by atoms with van der Waals surface area (Å²) >= 11 is 0. The highest BCUT2D eigenvalue weighted by atomic mass is 16.1. The van der Waals surface area contributed by atoms with Gasteiger partial charge < -0.3 is 11.1 Å². The molecule has 0 aliphatic heterocycles. The highest BCUT2D eigenvalue weighted by molar-refractivity contribution is 5.78. The van der Waals surface area contributed by atoms with Gasteiger partial charge in [0.2, 0.25) is 5.91 Å². The molecule has 0 bridgehead atoms. The van der Waals surface area contributed by atoms with Crippen molar-refractivity contribution in [1.29, 1.82) is 0 Å². The van der Waals surface area contributed by atoms with E-state index in [1.54, 1.807) is 0 Å². The van der Waals surface area contributed by atoms with Gasteiger partial charge in [0.15, 0.2) is 0 Å². The Morgan fingerprint density at radius 2 is 2.16 bits per heavy atom. The molecule has 2 unspecified atom stereocenters. The summed E-state index contributed by atoms with van der Waals surface area (Å²) in [5, 5.41) is 3.05. The summed E-state index contributed by atoms with van der Waals surface area (Å²) in [7, 11) is 0. The molecule has 1 saturated carbocycles. The van der Waals surface area contributed by atoms with Gasteiger partial charge in [-0.05, 0) is 43.7 Å². The maximum atomic E-state index is 12.1. The van der Waals surface area contributed by atoms with Gasteiger partial charge in [-0.15, -0.1) is 0 Å². The van der Waals surface area contributed by atoms with Crippen molar-refractivity contribution in [1.82, 2.24) is 5.32 Å². The summed E-state index contributed by atoms with van der Waals surface area (Å²) < 4.78 is 0. The van der Waals surface area contributed by atoms with Crippen LogP contribution in [0.15, 0.2) is 24.3 Å². The molecule has 3 nitrogen and oxygen atoms in total. The Morgan fingerprint density at radius 3 is 2.89 bits per heavy atom. The van der Waals surface area contributed by atoms with E-state index in [4.69, 9.17) is 5.73 Å². The molecule has 19 heavy (non-hydrogen) atoms. The first-order valence-corrected chi connectivity index (χ1v) is 7.24. The Balaban J connectivity index is 1.76. The molecule has 3 heteroatoms. The zero-order valence-corrected chi connectivity index (χ0v) is 11.7. The van der Waals surface area contributed by atoms with Crippen molar-refractivity contribution in [3.8, 4) is 0 Å². The first-order valence-electron chi connectivity index (χ1n) is 7.24. The van der Waals surface area contributed by atoms with Crippen LogP contribution >= 0.6 is 0 Å². The third kappa shape index (κ3) is 4.06. The van der Waals surface area contributed by atoms with E-state index in [1.807, 2.05) is 12.1 Å². The summed E-state index contributed by atoms with van der Waals surface area (Å²) in [6.07, 6.45) is 4.88. The Labute approximate surface area is 115 Å².